The first-order chi connectivity index (χ1) is 20.2. The molecule has 2 aliphatic heterocycles. The number of methoxy groups -OCH3 is 1. The minimum Gasteiger partial charge on any atom is -0.493 e. The van der Waals surface area contributed by atoms with Gasteiger partial charge in [-0.3, -0.25) is 0 Å². The number of nitrogens with one attached hydrogen (secondary N) is 1. The van der Waals surface area contributed by atoms with Crippen molar-refractivity contribution < 1.29 is 33.2 Å². The molecule has 2 aromatic rings. The van der Waals surface area contributed by atoms with Crippen LogP contribution in [0.1, 0.15) is 63.4 Å². The van der Waals surface area contributed by atoms with Crippen LogP contribution in [0.2, 0.25) is 0 Å². The normalized spacial score (nSPS) is 27.1. The van der Waals surface area contributed by atoms with Crippen LogP contribution in [0.3, 0.4) is 0 Å². The molecule has 3 unspecified atom stereocenters. The predicted molar refractivity (Wildman–Crippen MR) is 162 cm³/mol. The van der Waals surface area contributed by atoms with E-state index in [9.17, 15) is 4.79 Å². The van der Waals surface area contributed by atoms with Crippen LogP contribution in [0.15, 0.2) is 54.8 Å². The zero-order valence-electron chi connectivity index (χ0n) is 25.5. The molecule has 0 aliphatic carbocycles. The van der Waals surface area contributed by atoms with E-state index < -0.39 is 11.8 Å². The van der Waals surface area contributed by atoms with Gasteiger partial charge in [0.05, 0.1) is 18.8 Å². The van der Waals surface area contributed by atoms with Crippen molar-refractivity contribution in [2.75, 3.05) is 32.4 Å². The van der Waals surface area contributed by atoms with Crippen molar-refractivity contribution in [2.24, 2.45) is 11.8 Å². The number of esters is 1. The third-order valence-electron chi connectivity index (χ3n) is 7.36. The zero-order chi connectivity index (χ0) is 30.1. The molecule has 1 fully saturated rings. The number of benzene rings is 1. The van der Waals surface area contributed by atoms with Gasteiger partial charge in [-0.15, -0.1) is 0 Å². The monoisotopic (exact) mass is 580 g/mol. The van der Waals surface area contributed by atoms with Crippen molar-refractivity contribution in [1.29, 1.82) is 0 Å². The van der Waals surface area contributed by atoms with Gasteiger partial charge in [0.15, 0.2) is 12.6 Å². The summed E-state index contributed by atoms with van der Waals surface area (Å²) in [5, 5.41) is 3.28. The Labute approximate surface area is 249 Å². The van der Waals surface area contributed by atoms with E-state index in [2.05, 4.69) is 29.4 Å². The molecule has 0 bridgehead atoms. The van der Waals surface area contributed by atoms with Crippen LogP contribution in [0, 0.1) is 11.8 Å². The molecular weight excluding hydrogens is 536 g/mol. The van der Waals surface area contributed by atoms with E-state index in [-0.39, 0.29) is 36.9 Å². The molecule has 0 amide bonds. The van der Waals surface area contributed by atoms with Crippen molar-refractivity contribution in [3.05, 3.63) is 65.9 Å². The lowest BCUT2D eigenvalue weighted by atomic mass is 9.94. The number of fused-ring (bicyclic) bond motifs is 2. The fourth-order valence-corrected chi connectivity index (χ4v) is 5.00. The van der Waals surface area contributed by atoms with E-state index in [0.717, 1.165) is 12.2 Å². The van der Waals surface area contributed by atoms with E-state index in [0.29, 0.717) is 42.2 Å². The molecule has 9 nitrogen and oxygen atoms in total. The molecule has 1 aromatic heterocycles. The Hall–Kier alpha value is -3.40. The van der Waals surface area contributed by atoms with Crippen molar-refractivity contribution in [3.8, 4) is 11.5 Å². The molecule has 0 spiro atoms. The summed E-state index contributed by atoms with van der Waals surface area (Å²) in [6, 6.07) is 9.29. The molecule has 1 aromatic carbocycles. The minimum atomic E-state index is -0.678. The summed E-state index contributed by atoms with van der Waals surface area (Å²) in [5.74, 6) is 0.685. The number of carbonyl (C=O) groups excluding carboxylic acids is 1. The number of cyclic esters (lactones) is 1. The number of rotatable bonds is 9. The highest BCUT2D eigenvalue weighted by molar-refractivity contribution is 5.97. The molecule has 228 valence electrons. The second kappa shape index (κ2) is 14.7. The summed E-state index contributed by atoms with van der Waals surface area (Å²) in [7, 11) is 1.53. The molecule has 1 N–H and O–H groups in total. The topological polar surface area (TPSA) is 97.4 Å². The maximum Gasteiger partial charge on any atom is 0.342 e. The van der Waals surface area contributed by atoms with Crippen molar-refractivity contribution >= 4 is 17.9 Å². The maximum atomic E-state index is 13.6. The highest BCUT2D eigenvalue weighted by atomic mass is 16.8. The molecule has 5 atom stereocenters. The van der Waals surface area contributed by atoms with Crippen LogP contribution >= 0.6 is 0 Å². The van der Waals surface area contributed by atoms with Gasteiger partial charge in [-0.25, -0.2) is 9.78 Å². The molecule has 3 heterocycles. The SMILES string of the molecule is COCOc1cc(OCCCNc2ccccn2)cc2c1C(=O)O[C@@H](C)[C@H](C)/C=C\C(C)C1OC(C)(C)OC1C/C=C/2. The highest BCUT2D eigenvalue weighted by Gasteiger charge is 2.42. The zero-order valence-corrected chi connectivity index (χ0v) is 25.5. The Kier molecular flexibility index (Phi) is 11.0. The highest BCUT2D eigenvalue weighted by Crippen LogP contribution is 2.36. The lowest BCUT2D eigenvalue weighted by Crippen LogP contribution is -2.29. The van der Waals surface area contributed by atoms with E-state index in [1.807, 2.05) is 64.1 Å². The molecular formula is C33H44N2O7. The second-order valence-corrected chi connectivity index (χ2v) is 11.3. The number of ether oxygens (including phenoxy) is 6. The summed E-state index contributed by atoms with van der Waals surface area (Å²) < 4.78 is 35.7. The molecule has 42 heavy (non-hydrogen) atoms. The molecule has 2 aliphatic rings. The Bertz CT molecular complexity index is 1230. The first-order valence-corrected chi connectivity index (χ1v) is 14.7. The largest absolute Gasteiger partial charge is 0.493 e. The standard InChI is InChI=1S/C33H44N2O7/c1-22-14-15-23(2)31-27(41-33(4,5)42-31)12-9-11-25-19-26(38-18-10-17-35-29-13-7-8-16-34-29)20-28(39-21-37-6)30(25)32(36)40-24(22)3/h7-9,11,13-16,19-20,22-24,27,31H,10,12,17-18,21H2,1-6H3,(H,34,35)/b11-9+,15-14-/t22-,23?,24+,27?,31?/m1/s1. The van der Waals surface area contributed by atoms with Crippen LogP contribution in [0.25, 0.3) is 6.08 Å². The number of anilines is 1. The molecule has 0 saturated carbocycles. The van der Waals surface area contributed by atoms with Crippen LogP contribution < -0.4 is 14.8 Å². The van der Waals surface area contributed by atoms with E-state index in [1.165, 1.54) is 7.11 Å². The van der Waals surface area contributed by atoms with E-state index in [4.69, 9.17) is 28.4 Å². The van der Waals surface area contributed by atoms with Gasteiger partial charge in [0.2, 0.25) is 0 Å². The lowest BCUT2D eigenvalue weighted by Gasteiger charge is -2.23. The molecule has 0 radical (unpaired) electrons. The van der Waals surface area contributed by atoms with Crippen molar-refractivity contribution in [1.82, 2.24) is 4.98 Å². The van der Waals surface area contributed by atoms with Gasteiger partial charge in [0.1, 0.15) is 29.0 Å². The Morgan fingerprint density at radius 2 is 1.88 bits per heavy atom. The quantitative estimate of drug-likeness (QED) is 0.160. The third-order valence-corrected chi connectivity index (χ3v) is 7.36. The van der Waals surface area contributed by atoms with Gasteiger partial charge in [0, 0.05) is 37.8 Å². The van der Waals surface area contributed by atoms with Crippen LogP contribution in [0.4, 0.5) is 5.82 Å². The second-order valence-electron chi connectivity index (χ2n) is 11.3. The summed E-state index contributed by atoms with van der Waals surface area (Å²) in [6.45, 7) is 11.1. The average Bonchev–Trinajstić information content (AvgIpc) is 3.28. The maximum absolute atomic E-state index is 13.6. The number of carbonyl (C=O) groups is 1. The van der Waals surface area contributed by atoms with Crippen molar-refractivity contribution in [3.63, 3.8) is 0 Å². The molecule has 4 rings (SSSR count). The summed E-state index contributed by atoms with van der Waals surface area (Å²) in [6.07, 6.45) is 10.6. The smallest absolute Gasteiger partial charge is 0.342 e. The first-order valence-electron chi connectivity index (χ1n) is 14.7. The fourth-order valence-electron chi connectivity index (χ4n) is 5.00. The number of nitrogens with zero attached hydrogens (tertiary/aromatic N) is 1. The first kappa shape index (κ1) is 31.5. The van der Waals surface area contributed by atoms with Gasteiger partial charge in [-0.2, -0.15) is 0 Å². The Morgan fingerprint density at radius 3 is 2.64 bits per heavy atom. The van der Waals surface area contributed by atoms with E-state index >= 15 is 0 Å². The summed E-state index contributed by atoms with van der Waals surface area (Å²) in [5.41, 5.74) is 0.951. The molecule has 9 heteroatoms. The van der Waals surface area contributed by atoms with Gasteiger partial charge in [0.25, 0.3) is 0 Å². The summed E-state index contributed by atoms with van der Waals surface area (Å²) >= 11 is 0. The minimum absolute atomic E-state index is 0.0160. The summed E-state index contributed by atoms with van der Waals surface area (Å²) in [4.78, 5) is 17.9. The van der Waals surface area contributed by atoms with Crippen LogP contribution in [0.5, 0.6) is 11.5 Å². The average molecular weight is 581 g/mol. The lowest BCUT2D eigenvalue weighted by molar-refractivity contribution is -0.148. The number of hydrogen-bond donors (Lipinski definition) is 1. The number of aromatic nitrogens is 1. The van der Waals surface area contributed by atoms with Gasteiger partial charge >= 0.3 is 5.97 Å². The van der Waals surface area contributed by atoms with Gasteiger partial charge in [-0.1, -0.05) is 44.2 Å². The predicted octanol–water partition coefficient (Wildman–Crippen LogP) is 6.26. The van der Waals surface area contributed by atoms with Crippen LogP contribution in [-0.4, -0.2) is 62.1 Å². The Balaban J connectivity index is 1.60. The van der Waals surface area contributed by atoms with Crippen molar-refractivity contribution in [2.45, 2.75) is 71.6 Å². The molecule has 1 saturated heterocycles. The van der Waals surface area contributed by atoms with Crippen LogP contribution in [-0.2, 0) is 18.9 Å². The fraction of sp³-hybridized carbons (Fsp3) is 0.515. The number of pyridine rings is 1. The van der Waals surface area contributed by atoms with Gasteiger partial charge in [-0.05, 0) is 57.4 Å². The third kappa shape index (κ3) is 8.56. The van der Waals surface area contributed by atoms with E-state index in [1.54, 1.807) is 12.3 Å². The van der Waals surface area contributed by atoms with Gasteiger partial charge < -0.3 is 33.7 Å². The Morgan fingerprint density at radius 1 is 1.07 bits per heavy atom. The number of hydrogen-bond acceptors (Lipinski definition) is 9.